The van der Waals surface area contributed by atoms with Crippen molar-refractivity contribution in [1.29, 1.82) is 0 Å². The predicted octanol–water partition coefficient (Wildman–Crippen LogP) is -0.177. The Kier molecular flexibility index (Phi) is 4.92. The molecule has 2 fully saturated rings. The Bertz CT molecular complexity index is 386. The largest absolute Gasteiger partial charge is 0.378 e. The standard InChI is InChI=1S/C15H29N3O3/c1-14(2)12-11(5-8-21-12)15(14,16)13(19)17-6-9-20-10-7-18(3)4/h11-12H,5-10,16H2,1-4H3,(H,17,19). The molecule has 1 saturated heterocycles. The number of likely N-dealkylation sites (N-methyl/N-ethyl adjacent to an activating group) is 1. The van der Waals surface area contributed by atoms with Gasteiger partial charge in [-0.2, -0.15) is 0 Å². The molecule has 0 bridgehead atoms. The number of amides is 1. The van der Waals surface area contributed by atoms with Gasteiger partial charge in [-0.1, -0.05) is 13.8 Å². The summed E-state index contributed by atoms with van der Waals surface area (Å²) in [6.45, 7) is 7.31. The van der Waals surface area contributed by atoms with E-state index in [1.54, 1.807) is 0 Å². The first-order valence-corrected chi connectivity index (χ1v) is 7.73. The van der Waals surface area contributed by atoms with Gasteiger partial charge in [0.25, 0.3) is 0 Å². The Labute approximate surface area is 127 Å². The number of nitrogens with zero attached hydrogens (tertiary/aromatic N) is 1. The first-order chi connectivity index (χ1) is 9.81. The molecule has 0 radical (unpaired) electrons. The minimum atomic E-state index is -0.822. The van der Waals surface area contributed by atoms with Gasteiger partial charge < -0.3 is 25.4 Å². The molecule has 0 spiro atoms. The highest BCUT2D eigenvalue weighted by Gasteiger charge is 2.71. The Morgan fingerprint density at radius 2 is 2.14 bits per heavy atom. The zero-order chi connectivity index (χ0) is 15.7. The van der Waals surface area contributed by atoms with Crippen LogP contribution in [-0.4, -0.2) is 69.5 Å². The Morgan fingerprint density at radius 1 is 1.43 bits per heavy atom. The third-order valence-electron chi connectivity index (χ3n) is 5.04. The van der Waals surface area contributed by atoms with Crippen LogP contribution in [0.5, 0.6) is 0 Å². The van der Waals surface area contributed by atoms with Gasteiger partial charge in [0, 0.05) is 31.0 Å². The zero-order valence-electron chi connectivity index (χ0n) is 13.6. The van der Waals surface area contributed by atoms with Gasteiger partial charge in [-0.05, 0) is 20.5 Å². The van der Waals surface area contributed by atoms with Crippen LogP contribution in [0.2, 0.25) is 0 Å². The lowest BCUT2D eigenvalue weighted by Gasteiger charge is -2.60. The molecule has 122 valence electrons. The van der Waals surface area contributed by atoms with Crippen molar-refractivity contribution in [3.05, 3.63) is 0 Å². The second-order valence-corrected chi connectivity index (χ2v) is 6.95. The highest BCUT2D eigenvalue weighted by Crippen LogP contribution is 2.58. The Balaban J connectivity index is 1.75. The van der Waals surface area contributed by atoms with Crippen molar-refractivity contribution in [1.82, 2.24) is 10.2 Å². The zero-order valence-corrected chi connectivity index (χ0v) is 13.6. The molecule has 0 aromatic heterocycles. The molecule has 1 aliphatic carbocycles. The van der Waals surface area contributed by atoms with E-state index in [2.05, 4.69) is 10.2 Å². The summed E-state index contributed by atoms with van der Waals surface area (Å²) in [6, 6.07) is 0. The van der Waals surface area contributed by atoms with Gasteiger partial charge in [0.1, 0.15) is 5.54 Å². The van der Waals surface area contributed by atoms with Gasteiger partial charge in [0.05, 0.1) is 19.3 Å². The van der Waals surface area contributed by atoms with Gasteiger partial charge in [-0.15, -0.1) is 0 Å². The van der Waals surface area contributed by atoms with Crippen molar-refractivity contribution >= 4 is 5.91 Å². The minimum Gasteiger partial charge on any atom is -0.378 e. The van der Waals surface area contributed by atoms with Crippen LogP contribution >= 0.6 is 0 Å². The van der Waals surface area contributed by atoms with Crippen molar-refractivity contribution in [2.45, 2.75) is 31.9 Å². The van der Waals surface area contributed by atoms with Crippen LogP contribution in [0.1, 0.15) is 20.3 Å². The lowest BCUT2D eigenvalue weighted by atomic mass is 9.48. The molecule has 3 N–H and O–H groups in total. The van der Waals surface area contributed by atoms with Gasteiger partial charge in [0.15, 0.2) is 0 Å². The molecule has 2 rings (SSSR count). The quantitative estimate of drug-likeness (QED) is 0.638. The highest BCUT2D eigenvalue weighted by atomic mass is 16.5. The molecule has 3 atom stereocenters. The average Bonchev–Trinajstić information content (AvgIpc) is 2.89. The molecule has 2 aliphatic rings. The molecule has 1 heterocycles. The SMILES string of the molecule is CN(C)CCOCCNC(=O)C1(N)C2CCOC2C1(C)C. The topological polar surface area (TPSA) is 76.8 Å². The van der Waals surface area contributed by atoms with E-state index in [0.29, 0.717) is 26.4 Å². The van der Waals surface area contributed by atoms with Crippen molar-refractivity contribution in [2.24, 2.45) is 17.1 Å². The van der Waals surface area contributed by atoms with Crippen molar-refractivity contribution in [3.8, 4) is 0 Å². The summed E-state index contributed by atoms with van der Waals surface area (Å²) in [6.07, 6.45) is 0.988. The van der Waals surface area contributed by atoms with Crippen LogP contribution in [0.15, 0.2) is 0 Å². The summed E-state index contributed by atoms with van der Waals surface area (Å²) in [5, 5.41) is 2.92. The number of nitrogens with one attached hydrogen (secondary N) is 1. The van der Waals surface area contributed by atoms with E-state index in [-0.39, 0.29) is 23.3 Å². The normalized spacial score (nSPS) is 33.6. The minimum absolute atomic E-state index is 0.0736. The van der Waals surface area contributed by atoms with Gasteiger partial charge in [-0.25, -0.2) is 0 Å². The number of fused-ring (bicyclic) bond motifs is 1. The molecule has 1 saturated carbocycles. The fourth-order valence-corrected chi connectivity index (χ4v) is 3.58. The molecule has 21 heavy (non-hydrogen) atoms. The summed E-state index contributed by atoms with van der Waals surface area (Å²) in [4.78, 5) is 14.6. The fraction of sp³-hybridized carbons (Fsp3) is 0.933. The van der Waals surface area contributed by atoms with Crippen molar-refractivity contribution in [3.63, 3.8) is 0 Å². The average molecular weight is 299 g/mol. The molecule has 6 nitrogen and oxygen atoms in total. The number of hydrogen-bond donors (Lipinski definition) is 2. The Hall–Kier alpha value is -0.690. The van der Waals surface area contributed by atoms with Crippen molar-refractivity contribution < 1.29 is 14.3 Å². The molecular weight excluding hydrogens is 270 g/mol. The Morgan fingerprint density at radius 3 is 2.81 bits per heavy atom. The van der Waals surface area contributed by atoms with Crippen molar-refractivity contribution in [2.75, 3.05) is 47.0 Å². The molecule has 3 unspecified atom stereocenters. The van der Waals surface area contributed by atoms with Gasteiger partial charge >= 0.3 is 0 Å². The van der Waals surface area contributed by atoms with E-state index in [1.807, 2.05) is 27.9 Å². The summed E-state index contributed by atoms with van der Waals surface area (Å²) < 4.78 is 11.2. The maximum atomic E-state index is 12.5. The first-order valence-electron chi connectivity index (χ1n) is 7.73. The smallest absolute Gasteiger partial charge is 0.241 e. The van der Waals surface area contributed by atoms with E-state index in [0.717, 1.165) is 13.0 Å². The van der Waals surface area contributed by atoms with Gasteiger partial charge in [0.2, 0.25) is 5.91 Å². The van der Waals surface area contributed by atoms with E-state index in [9.17, 15) is 4.79 Å². The fourth-order valence-electron chi connectivity index (χ4n) is 3.58. The van der Waals surface area contributed by atoms with Crippen LogP contribution in [0.4, 0.5) is 0 Å². The summed E-state index contributed by atoms with van der Waals surface area (Å²) in [7, 11) is 4.00. The highest BCUT2D eigenvalue weighted by molar-refractivity contribution is 5.89. The lowest BCUT2D eigenvalue weighted by Crippen LogP contribution is -2.80. The maximum Gasteiger partial charge on any atom is 0.241 e. The van der Waals surface area contributed by atoms with E-state index in [1.165, 1.54) is 0 Å². The molecule has 1 aliphatic heterocycles. The maximum absolute atomic E-state index is 12.5. The molecule has 0 aromatic rings. The van der Waals surface area contributed by atoms with E-state index < -0.39 is 5.54 Å². The number of hydrogen-bond acceptors (Lipinski definition) is 5. The van der Waals surface area contributed by atoms with Crippen LogP contribution in [0, 0.1) is 11.3 Å². The van der Waals surface area contributed by atoms with Gasteiger partial charge in [-0.3, -0.25) is 4.79 Å². The van der Waals surface area contributed by atoms with E-state index >= 15 is 0 Å². The second kappa shape index (κ2) is 6.20. The van der Waals surface area contributed by atoms with E-state index in [4.69, 9.17) is 15.2 Å². The summed E-state index contributed by atoms with van der Waals surface area (Å²) in [5.41, 5.74) is 5.31. The molecular formula is C15H29N3O3. The summed E-state index contributed by atoms with van der Waals surface area (Å²) in [5.74, 6) is 0.0672. The van der Waals surface area contributed by atoms with Crippen LogP contribution in [0.25, 0.3) is 0 Å². The number of rotatable bonds is 7. The predicted molar refractivity (Wildman–Crippen MR) is 80.9 cm³/mol. The molecule has 0 aromatic carbocycles. The first kappa shape index (κ1) is 16.7. The summed E-state index contributed by atoms with van der Waals surface area (Å²) >= 11 is 0. The molecule has 1 amide bonds. The number of carbonyl (C=O) groups is 1. The third kappa shape index (κ3) is 2.82. The monoisotopic (exact) mass is 299 g/mol. The van der Waals surface area contributed by atoms with Crippen LogP contribution in [-0.2, 0) is 14.3 Å². The number of ether oxygens (including phenoxy) is 2. The van der Waals surface area contributed by atoms with Crippen LogP contribution in [0.3, 0.4) is 0 Å². The second-order valence-electron chi connectivity index (χ2n) is 6.95. The molecule has 6 heteroatoms. The number of carbonyl (C=O) groups excluding carboxylic acids is 1. The number of nitrogens with two attached hydrogens (primary N) is 1. The lowest BCUT2D eigenvalue weighted by molar-refractivity contribution is -0.175. The van der Waals surface area contributed by atoms with Crippen LogP contribution < -0.4 is 11.1 Å². The third-order valence-corrected chi connectivity index (χ3v) is 5.04.